The van der Waals surface area contributed by atoms with Gasteiger partial charge in [-0.1, -0.05) is 23.3 Å². The molecule has 0 spiro atoms. The molecule has 1 aromatic carbocycles. The summed E-state index contributed by atoms with van der Waals surface area (Å²) in [5.74, 6) is -0.566. The summed E-state index contributed by atoms with van der Waals surface area (Å²) >= 11 is 5.85. The highest BCUT2D eigenvalue weighted by Crippen LogP contribution is 2.23. The van der Waals surface area contributed by atoms with Gasteiger partial charge in [0.25, 0.3) is 5.91 Å². The van der Waals surface area contributed by atoms with E-state index in [-0.39, 0.29) is 23.7 Å². The van der Waals surface area contributed by atoms with E-state index in [0.717, 1.165) is 19.3 Å². The third-order valence-corrected chi connectivity index (χ3v) is 4.28. The summed E-state index contributed by atoms with van der Waals surface area (Å²) in [6, 6.07) is 4.00. The molecule has 0 fully saturated rings. The van der Waals surface area contributed by atoms with Gasteiger partial charge in [0, 0.05) is 11.6 Å². The van der Waals surface area contributed by atoms with Crippen LogP contribution in [0.1, 0.15) is 49.4 Å². The van der Waals surface area contributed by atoms with Crippen molar-refractivity contribution >= 4 is 29.3 Å². The molecule has 7 heteroatoms. The number of hydrogen-bond acceptors (Lipinski definition) is 4. The predicted octanol–water partition coefficient (Wildman–Crippen LogP) is 3.64. The lowest BCUT2D eigenvalue weighted by Gasteiger charge is -2.13. The van der Waals surface area contributed by atoms with Crippen molar-refractivity contribution in [3.8, 4) is 5.75 Å². The average Bonchev–Trinajstić information content (AvgIpc) is 2.61. The first kappa shape index (κ1) is 20.0. The molecule has 0 radical (unpaired) electrons. The Morgan fingerprint density at radius 1 is 1.23 bits per heavy atom. The van der Waals surface area contributed by atoms with Crippen LogP contribution in [0.5, 0.6) is 5.75 Å². The third kappa shape index (κ3) is 6.52. The molecule has 0 heterocycles. The second-order valence-electron chi connectivity index (χ2n) is 6.15. The molecule has 0 saturated heterocycles. The molecule has 1 aromatic rings. The summed E-state index contributed by atoms with van der Waals surface area (Å²) in [4.78, 5) is 35.1. The smallest absolute Gasteiger partial charge is 0.321 e. The van der Waals surface area contributed by atoms with Crippen molar-refractivity contribution in [1.82, 2.24) is 10.6 Å². The van der Waals surface area contributed by atoms with Gasteiger partial charge in [-0.3, -0.25) is 14.9 Å². The van der Waals surface area contributed by atoms with E-state index >= 15 is 0 Å². The molecule has 6 nitrogen and oxygen atoms in total. The minimum atomic E-state index is -0.594. The first-order valence-corrected chi connectivity index (χ1v) is 9.02. The number of carbonyl (C=O) groups is 3. The minimum absolute atomic E-state index is 0.224. The molecule has 26 heavy (non-hydrogen) atoms. The maximum Gasteiger partial charge on any atom is 0.321 e. The van der Waals surface area contributed by atoms with Gasteiger partial charge in [-0.2, -0.15) is 0 Å². The number of urea groups is 1. The second kappa shape index (κ2) is 9.97. The number of hydrogen-bond donors (Lipinski definition) is 2. The topological polar surface area (TPSA) is 84.5 Å². The Morgan fingerprint density at radius 3 is 2.73 bits per heavy atom. The second-order valence-corrected chi connectivity index (χ2v) is 6.58. The van der Waals surface area contributed by atoms with Gasteiger partial charge >= 0.3 is 6.03 Å². The fourth-order valence-corrected chi connectivity index (χ4v) is 2.89. The molecule has 2 N–H and O–H groups in total. The molecule has 0 aromatic heterocycles. The van der Waals surface area contributed by atoms with Crippen LogP contribution in [0.4, 0.5) is 4.79 Å². The van der Waals surface area contributed by atoms with Crippen molar-refractivity contribution in [2.45, 2.75) is 39.0 Å². The van der Waals surface area contributed by atoms with Crippen molar-refractivity contribution in [2.24, 2.45) is 0 Å². The fraction of sp³-hybridized carbons (Fsp3) is 0.421. The van der Waals surface area contributed by atoms with Crippen LogP contribution in [0.25, 0.3) is 0 Å². The van der Waals surface area contributed by atoms with Crippen molar-refractivity contribution in [3.05, 3.63) is 40.4 Å². The summed E-state index contributed by atoms with van der Waals surface area (Å²) in [5.41, 5.74) is 1.64. The number of imide groups is 1. The van der Waals surface area contributed by atoms with Crippen molar-refractivity contribution < 1.29 is 19.1 Å². The van der Waals surface area contributed by atoms with Gasteiger partial charge in [-0.05, 0) is 57.2 Å². The molecule has 0 saturated carbocycles. The Morgan fingerprint density at radius 2 is 2.04 bits per heavy atom. The van der Waals surface area contributed by atoms with Gasteiger partial charge in [0.05, 0.1) is 5.56 Å². The average molecular weight is 379 g/mol. The molecule has 3 amide bonds. The number of carbonyl (C=O) groups excluding carboxylic acids is 3. The third-order valence-electron chi connectivity index (χ3n) is 4.05. The summed E-state index contributed by atoms with van der Waals surface area (Å²) in [6.45, 7) is 1.49. The van der Waals surface area contributed by atoms with E-state index in [1.807, 2.05) is 0 Å². The quantitative estimate of drug-likeness (QED) is 0.560. The van der Waals surface area contributed by atoms with E-state index < -0.39 is 11.9 Å². The molecule has 0 aliphatic heterocycles. The van der Waals surface area contributed by atoms with Crippen LogP contribution in [-0.4, -0.2) is 30.9 Å². The van der Waals surface area contributed by atoms with Crippen LogP contribution in [0.3, 0.4) is 0 Å². The van der Waals surface area contributed by atoms with Crippen LogP contribution in [0.2, 0.25) is 5.02 Å². The van der Waals surface area contributed by atoms with E-state index in [9.17, 15) is 14.4 Å². The summed E-state index contributed by atoms with van der Waals surface area (Å²) in [6.07, 6.45) is 7.62. The van der Waals surface area contributed by atoms with Crippen LogP contribution < -0.4 is 15.4 Å². The zero-order chi connectivity index (χ0) is 18.9. The maximum absolute atomic E-state index is 11.8. The van der Waals surface area contributed by atoms with E-state index in [2.05, 4.69) is 16.7 Å². The SMILES string of the molecule is CC(=O)c1cc(Cl)ccc1OCC(=O)NC(=O)NCCC1=CCCCC1. The monoisotopic (exact) mass is 378 g/mol. The van der Waals surface area contributed by atoms with E-state index in [0.29, 0.717) is 11.6 Å². The highest BCUT2D eigenvalue weighted by atomic mass is 35.5. The maximum atomic E-state index is 11.8. The first-order chi connectivity index (χ1) is 12.5. The number of allylic oxidation sites excluding steroid dienone is 1. The first-order valence-electron chi connectivity index (χ1n) is 8.64. The van der Waals surface area contributed by atoms with E-state index in [1.54, 1.807) is 6.07 Å². The molecule has 2 rings (SSSR count). The number of ether oxygens (including phenoxy) is 1. The Balaban J connectivity index is 1.73. The highest BCUT2D eigenvalue weighted by Gasteiger charge is 2.13. The molecule has 140 valence electrons. The molecule has 1 aliphatic carbocycles. The van der Waals surface area contributed by atoms with E-state index in [1.165, 1.54) is 37.5 Å². The number of benzene rings is 1. The van der Waals surface area contributed by atoms with Crippen LogP contribution >= 0.6 is 11.6 Å². The summed E-state index contributed by atoms with van der Waals surface area (Å²) in [5, 5.41) is 5.26. The molecule has 0 bridgehead atoms. The number of rotatable bonds is 7. The Kier molecular flexibility index (Phi) is 7.66. The van der Waals surface area contributed by atoms with Crippen LogP contribution in [-0.2, 0) is 4.79 Å². The standard InChI is InChI=1S/C19H23ClN2O4/c1-13(23)16-11-15(20)7-8-17(16)26-12-18(24)22-19(25)21-10-9-14-5-3-2-4-6-14/h5,7-8,11H,2-4,6,9-10,12H2,1H3,(H2,21,22,24,25). The molecular weight excluding hydrogens is 356 g/mol. The summed E-state index contributed by atoms with van der Waals surface area (Å²) in [7, 11) is 0. The zero-order valence-electron chi connectivity index (χ0n) is 14.8. The Labute approximate surface area is 157 Å². The predicted molar refractivity (Wildman–Crippen MR) is 99.7 cm³/mol. The van der Waals surface area contributed by atoms with Gasteiger partial charge in [-0.25, -0.2) is 4.79 Å². The van der Waals surface area contributed by atoms with Crippen molar-refractivity contribution in [3.63, 3.8) is 0 Å². The van der Waals surface area contributed by atoms with E-state index in [4.69, 9.17) is 16.3 Å². The highest BCUT2D eigenvalue weighted by molar-refractivity contribution is 6.31. The number of amides is 3. The number of ketones is 1. The van der Waals surface area contributed by atoms with Gasteiger partial charge < -0.3 is 10.1 Å². The van der Waals surface area contributed by atoms with Crippen molar-refractivity contribution in [1.29, 1.82) is 0 Å². The normalized spacial score (nSPS) is 13.5. The van der Waals surface area contributed by atoms with Gasteiger partial charge in [0.2, 0.25) is 0 Å². The Hall–Kier alpha value is -2.34. The lowest BCUT2D eigenvalue weighted by atomic mass is 9.97. The van der Waals surface area contributed by atoms with Crippen LogP contribution in [0.15, 0.2) is 29.8 Å². The lowest BCUT2D eigenvalue weighted by molar-refractivity contribution is -0.122. The van der Waals surface area contributed by atoms with Gasteiger partial charge in [-0.15, -0.1) is 0 Å². The van der Waals surface area contributed by atoms with Gasteiger partial charge in [0.15, 0.2) is 12.4 Å². The Bertz CT molecular complexity index is 715. The van der Waals surface area contributed by atoms with Gasteiger partial charge in [0.1, 0.15) is 5.75 Å². The number of nitrogens with one attached hydrogen (secondary N) is 2. The molecule has 0 atom stereocenters. The molecule has 1 aliphatic rings. The molecular formula is C19H23ClN2O4. The lowest BCUT2D eigenvalue weighted by Crippen LogP contribution is -2.42. The molecule has 0 unspecified atom stereocenters. The van der Waals surface area contributed by atoms with Crippen LogP contribution in [0, 0.1) is 0 Å². The largest absolute Gasteiger partial charge is 0.483 e. The number of Topliss-reactive ketones (excluding diaryl/α,β-unsaturated/α-hetero) is 1. The number of halogens is 1. The minimum Gasteiger partial charge on any atom is -0.483 e. The fourth-order valence-electron chi connectivity index (χ4n) is 2.72. The van der Waals surface area contributed by atoms with Crippen molar-refractivity contribution in [2.75, 3.05) is 13.2 Å². The zero-order valence-corrected chi connectivity index (χ0v) is 15.5. The summed E-state index contributed by atoms with van der Waals surface area (Å²) < 4.78 is 5.34.